The first-order valence-corrected chi connectivity index (χ1v) is 6.00. The van der Waals surface area contributed by atoms with Crippen molar-refractivity contribution in [3.63, 3.8) is 0 Å². The lowest BCUT2D eigenvalue weighted by Crippen LogP contribution is -2.24. The summed E-state index contributed by atoms with van der Waals surface area (Å²) in [6, 6.07) is 0. The van der Waals surface area contributed by atoms with E-state index in [1.54, 1.807) is 0 Å². The maximum atomic E-state index is 5.71. The average Bonchev–Trinajstić information content (AvgIpc) is 2.10. The van der Waals surface area contributed by atoms with Crippen LogP contribution in [0.25, 0.3) is 0 Å². The smallest absolute Gasteiger partial charge is 0.0226 e. The van der Waals surface area contributed by atoms with Crippen molar-refractivity contribution in [2.45, 2.75) is 40.0 Å². The molecule has 0 rings (SSSR count). The summed E-state index contributed by atoms with van der Waals surface area (Å²) >= 11 is 5.71. The summed E-state index contributed by atoms with van der Waals surface area (Å²) in [6.07, 6.45) is 3.66. The Hall–Kier alpha value is 0.250. The van der Waals surface area contributed by atoms with Gasteiger partial charge in [0.05, 0.1) is 0 Å². The number of nitrogens with one attached hydrogen (secondary N) is 1. The van der Waals surface area contributed by atoms with Crippen LogP contribution < -0.4 is 5.32 Å². The molecule has 2 heteroatoms. The zero-order valence-electron chi connectivity index (χ0n) is 9.28. The van der Waals surface area contributed by atoms with E-state index in [0.29, 0.717) is 0 Å². The highest BCUT2D eigenvalue weighted by Gasteiger charge is 2.04. The molecule has 0 aromatic carbocycles. The monoisotopic (exact) mass is 205 g/mol. The van der Waals surface area contributed by atoms with Crippen LogP contribution in [-0.4, -0.2) is 19.0 Å². The Morgan fingerprint density at radius 1 is 1.23 bits per heavy atom. The van der Waals surface area contributed by atoms with Gasteiger partial charge < -0.3 is 5.32 Å². The van der Waals surface area contributed by atoms with Crippen LogP contribution in [0.2, 0.25) is 0 Å². The molecule has 0 bridgehead atoms. The van der Waals surface area contributed by atoms with Gasteiger partial charge in [0.1, 0.15) is 0 Å². The molecule has 0 amide bonds. The standard InChI is InChI=1S/C11H24ClN/c1-4-11(5-7-12)9-13-8-6-10(2)3/h10-11,13H,4-9H2,1-3H3. The number of hydrogen-bond donors (Lipinski definition) is 1. The molecule has 1 unspecified atom stereocenters. The average molecular weight is 206 g/mol. The van der Waals surface area contributed by atoms with Crippen LogP contribution in [0.5, 0.6) is 0 Å². The lowest BCUT2D eigenvalue weighted by Gasteiger charge is -2.14. The van der Waals surface area contributed by atoms with Gasteiger partial charge in [-0.25, -0.2) is 0 Å². The van der Waals surface area contributed by atoms with Crippen LogP contribution in [0.4, 0.5) is 0 Å². The predicted octanol–water partition coefficient (Wildman–Crippen LogP) is 3.28. The van der Waals surface area contributed by atoms with E-state index in [1.165, 1.54) is 12.8 Å². The molecule has 0 fully saturated rings. The maximum Gasteiger partial charge on any atom is 0.0226 e. The van der Waals surface area contributed by atoms with Crippen molar-refractivity contribution in [1.82, 2.24) is 5.32 Å². The van der Waals surface area contributed by atoms with Crippen LogP contribution in [0.1, 0.15) is 40.0 Å². The second-order valence-electron chi connectivity index (χ2n) is 4.14. The number of hydrogen-bond acceptors (Lipinski definition) is 1. The Labute approximate surface area is 88.2 Å². The molecular formula is C11H24ClN. The molecule has 0 aromatic heterocycles. The van der Waals surface area contributed by atoms with Crippen LogP contribution in [-0.2, 0) is 0 Å². The van der Waals surface area contributed by atoms with Crippen molar-refractivity contribution < 1.29 is 0 Å². The topological polar surface area (TPSA) is 12.0 Å². The van der Waals surface area contributed by atoms with Crippen LogP contribution in [0, 0.1) is 11.8 Å². The first-order valence-electron chi connectivity index (χ1n) is 5.47. The van der Waals surface area contributed by atoms with Gasteiger partial charge in [0.2, 0.25) is 0 Å². The Morgan fingerprint density at radius 3 is 2.38 bits per heavy atom. The summed E-state index contributed by atoms with van der Waals surface area (Å²) in [4.78, 5) is 0. The maximum absolute atomic E-state index is 5.71. The van der Waals surface area contributed by atoms with E-state index in [0.717, 1.165) is 37.2 Å². The summed E-state index contributed by atoms with van der Waals surface area (Å²) in [5, 5.41) is 3.49. The molecule has 0 spiro atoms. The molecule has 0 aromatic rings. The van der Waals surface area contributed by atoms with Crippen LogP contribution in [0.3, 0.4) is 0 Å². The van der Waals surface area contributed by atoms with Gasteiger partial charge in [-0.15, -0.1) is 11.6 Å². The van der Waals surface area contributed by atoms with E-state index in [9.17, 15) is 0 Å². The lowest BCUT2D eigenvalue weighted by molar-refractivity contribution is 0.436. The minimum atomic E-state index is 0.768. The quantitative estimate of drug-likeness (QED) is 0.474. The number of alkyl halides is 1. The summed E-state index contributed by atoms with van der Waals surface area (Å²) in [5.74, 6) is 2.37. The van der Waals surface area contributed by atoms with E-state index < -0.39 is 0 Å². The molecule has 0 heterocycles. The van der Waals surface area contributed by atoms with Crippen LogP contribution >= 0.6 is 11.6 Å². The largest absolute Gasteiger partial charge is 0.316 e. The fraction of sp³-hybridized carbons (Fsp3) is 1.00. The third-order valence-corrected chi connectivity index (χ3v) is 2.64. The summed E-state index contributed by atoms with van der Waals surface area (Å²) in [6.45, 7) is 9.04. The van der Waals surface area contributed by atoms with Crippen molar-refractivity contribution in [3.8, 4) is 0 Å². The Morgan fingerprint density at radius 2 is 1.92 bits per heavy atom. The molecule has 13 heavy (non-hydrogen) atoms. The van der Waals surface area contributed by atoms with Gasteiger partial charge in [-0.3, -0.25) is 0 Å². The highest BCUT2D eigenvalue weighted by atomic mass is 35.5. The van der Waals surface area contributed by atoms with Crippen molar-refractivity contribution >= 4 is 11.6 Å². The van der Waals surface area contributed by atoms with Crippen molar-refractivity contribution in [3.05, 3.63) is 0 Å². The van der Waals surface area contributed by atoms with Gasteiger partial charge in [0, 0.05) is 5.88 Å². The number of halogens is 1. The predicted molar refractivity (Wildman–Crippen MR) is 61.4 cm³/mol. The normalized spacial score (nSPS) is 13.6. The second-order valence-corrected chi connectivity index (χ2v) is 4.52. The Bertz CT molecular complexity index is 104. The summed E-state index contributed by atoms with van der Waals surface area (Å²) in [7, 11) is 0. The van der Waals surface area contributed by atoms with E-state index in [1.807, 2.05) is 0 Å². The van der Waals surface area contributed by atoms with Crippen molar-refractivity contribution in [2.24, 2.45) is 11.8 Å². The fourth-order valence-corrected chi connectivity index (χ4v) is 1.61. The minimum Gasteiger partial charge on any atom is -0.316 e. The highest BCUT2D eigenvalue weighted by molar-refractivity contribution is 6.17. The summed E-state index contributed by atoms with van der Waals surface area (Å²) in [5.41, 5.74) is 0. The molecule has 80 valence electrons. The third-order valence-electron chi connectivity index (χ3n) is 2.43. The van der Waals surface area contributed by atoms with E-state index >= 15 is 0 Å². The molecule has 0 saturated carbocycles. The van der Waals surface area contributed by atoms with Gasteiger partial charge in [-0.2, -0.15) is 0 Å². The second kappa shape index (κ2) is 8.83. The molecular weight excluding hydrogens is 182 g/mol. The van der Waals surface area contributed by atoms with Gasteiger partial charge in [-0.1, -0.05) is 27.2 Å². The van der Waals surface area contributed by atoms with E-state index in [-0.39, 0.29) is 0 Å². The molecule has 0 saturated heterocycles. The van der Waals surface area contributed by atoms with Gasteiger partial charge in [-0.05, 0) is 37.8 Å². The Balaban J connectivity index is 3.27. The first-order chi connectivity index (χ1) is 6.20. The fourth-order valence-electron chi connectivity index (χ4n) is 1.30. The molecule has 0 aliphatic heterocycles. The highest BCUT2D eigenvalue weighted by Crippen LogP contribution is 2.07. The van der Waals surface area contributed by atoms with E-state index in [4.69, 9.17) is 11.6 Å². The van der Waals surface area contributed by atoms with E-state index in [2.05, 4.69) is 26.1 Å². The molecule has 1 N–H and O–H groups in total. The first kappa shape index (κ1) is 13.2. The van der Waals surface area contributed by atoms with Crippen molar-refractivity contribution in [1.29, 1.82) is 0 Å². The molecule has 1 atom stereocenters. The van der Waals surface area contributed by atoms with Crippen LogP contribution in [0.15, 0.2) is 0 Å². The zero-order chi connectivity index (χ0) is 10.1. The van der Waals surface area contributed by atoms with Gasteiger partial charge >= 0.3 is 0 Å². The summed E-state index contributed by atoms with van der Waals surface area (Å²) < 4.78 is 0. The van der Waals surface area contributed by atoms with Crippen molar-refractivity contribution in [2.75, 3.05) is 19.0 Å². The zero-order valence-corrected chi connectivity index (χ0v) is 10.0. The number of rotatable bonds is 8. The SMILES string of the molecule is CCC(CCCl)CNCCC(C)C. The molecule has 0 radical (unpaired) electrons. The molecule has 0 aliphatic carbocycles. The Kier molecular flexibility index (Phi) is 9.00. The van der Waals surface area contributed by atoms with Gasteiger partial charge in [0.25, 0.3) is 0 Å². The molecule has 0 aliphatic rings. The van der Waals surface area contributed by atoms with Gasteiger partial charge in [0.15, 0.2) is 0 Å². The minimum absolute atomic E-state index is 0.768. The molecule has 1 nitrogen and oxygen atoms in total. The lowest BCUT2D eigenvalue weighted by atomic mass is 10.0. The third kappa shape index (κ3) is 8.58.